The first kappa shape index (κ1) is 24.7. The zero-order valence-electron chi connectivity index (χ0n) is 20.1. The van der Waals surface area contributed by atoms with Gasteiger partial charge in [-0.25, -0.2) is 8.42 Å². The average Bonchev–Trinajstić information content (AvgIpc) is 2.84. The molecule has 8 heteroatoms. The van der Waals surface area contributed by atoms with Gasteiger partial charge in [0.1, 0.15) is 10.6 Å². The Labute approximate surface area is 203 Å². The van der Waals surface area contributed by atoms with Crippen molar-refractivity contribution in [3.05, 3.63) is 59.7 Å². The van der Waals surface area contributed by atoms with Gasteiger partial charge in [-0.05, 0) is 62.9 Å². The molecule has 1 amide bonds. The predicted molar refractivity (Wildman–Crippen MR) is 132 cm³/mol. The number of methoxy groups -OCH3 is 1. The normalized spacial score (nSPS) is 22.3. The second kappa shape index (κ2) is 10.9. The van der Waals surface area contributed by atoms with Crippen LogP contribution in [0.15, 0.2) is 53.4 Å². The highest BCUT2D eigenvalue weighted by Gasteiger charge is 2.34. The molecule has 2 aromatic rings. The van der Waals surface area contributed by atoms with Gasteiger partial charge < -0.3 is 10.1 Å². The minimum atomic E-state index is -3.77. The number of carbonyl (C=O) groups is 1. The van der Waals surface area contributed by atoms with Crippen molar-refractivity contribution < 1.29 is 17.9 Å². The highest BCUT2D eigenvalue weighted by Crippen LogP contribution is 2.31. The number of ether oxygens (including phenoxy) is 1. The summed E-state index contributed by atoms with van der Waals surface area (Å²) in [7, 11) is -2.31. The Morgan fingerprint density at radius 3 is 2.59 bits per heavy atom. The molecule has 0 bridgehead atoms. The van der Waals surface area contributed by atoms with E-state index in [0.717, 1.165) is 51.7 Å². The minimum absolute atomic E-state index is 0.0224. The monoisotopic (exact) mass is 485 g/mol. The molecule has 1 N–H and O–H groups in total. The van der Waals surface area contributed by atoms with Crippen molar-refractivity contribution >= 4 is 15.9 Å². The molecule has 2 aliphatic heterocycles. The number of nitrogens with zero attached hydrogens (tertiary/aromatic N) is 2. The molecule has 4 rings (SSSR count). The lowest BCUT2D eigenvalue weighted by atomic mass is 10.0. The van der Waals surface area contributed by atoms with Crippen molar-refractivity contribution in [1.29, 1.82) is 0 Å². The van der Waals surface area contributed by atoms with Crippen LogP contribution in [0.4, 0.5) is 0 Å². The molecule has 7 nitrogen and oxygen atoms in total. The summed E-state index contributed by atoms with van der Waals surface area (Å²) in [6, 6.07) is 15.0. The average molecular weight is 486 g/mol. The van der Waals surface area contributed by atoms with Gasteiger partial charge in [0, 0.05) is 37.3 Å². The van der Waals surface area contributed by atoms with E-state index in [1.54, 1.807) is 16.4 Å². The molecule has 0 spiro atoms. The van der Waals surface area contributed by atoms with E-state index >= 15 is 0 Å². The third-order valence-corrected chi connectivity index (χ3v) is 8.88. The van der Waals surface area contributed by atoms with Gasteiger partial charge in [-0.1, -0.05) is 36.8 Å². The predicted octanol–water partition coefficient (Wildman–Crippen LogP) is 3.65. The third-order valence-electron chi connectivity index (χ3n) is 6.84. The van der Waals surface area contributed by atoms with Crippen molar-refractivity contribution in [2.24, 2.45) is 0 Å². The molecular formula is C26H35N3O4S. The van der Waals surface area contributed by atoms with E-state index in [9.17, 15) is 13.2 Å². The molecule has 184 valence electrons. The Bertz CT molecular complexity index is 1090. The highest BCUT2D eigenvalue weighted by molar-refractivity contribution is 7.89. The lowest BCUT2D eigenvalue weighted by Gasteiger charge is -2.33. The molecule has 0 aromatic heterocycles. The Kier molecular flexibility index (Phi) is 7.91. The third kappa shape index (κ3) is 5.62. The van der Waals surface area contributed by atoms with Crippen molar-refractivity contribution in [3.8, 4) is 5.75 Å². The van der Waals surface area contributed by atoms with Crippen molar-refractivity contribution in [2.75, 3.05) is 26.7 Å². The van der Waals surface area contributed by atoms with E-state index in [0.29, 0.717) is 12.1 Å². The van der Waals surface area contributed by atoms with Crippen LogP contribution in [0.25, 0.3) is 0 Å². The summed E-state index contributed by atoms with van der Waals surface area (Å²) in [5, 5.41) is 3.13. The highest BCUT2D eigenvalue weighted by atomic mass is 32.2. The lowest BCUT2D eigenvalue weighted by molar-refractivity contribution is 0.0900. The van der Waals surface area contributed by atoms with Crippen molar-refractivity contribution in [1.82, 2.24) is 14.5 Å². The van der Waals surface area contributed by atoms with Crippen LogP contribution in [-0.2, 0) is 16.6 Å². The molecule has 34 heavy (non-hydrogen) atoms. The number of hydrogen-bond acceptors (Lipinski definition) is 5. The molecule has 2 fully saturated rings. The SMILES string of the molecule is COc1ccc(C(=O)NC2CCCN(Cc3ccccc3)C2)cc1S(=O)(=O)N1CCCCC1C. The van der Waals surface area contributed by atoms with Crippen LogP contribution in [0, 0.1) is 0 Å². The number of sulfonamides is 1. The maximum atomic E-state index is 13.5. The van der Waals surface area contributed by atoms with Gasteiger partial charge in [0.05, 0.1) is 7.11 Å². The van der Waals surface area contributed by atoms with Crippen LogP contribution >= 0.6 is 0 Å². The van der Waals surface area contributed by atoms with Gasteiger partial charge >= 0.3 is 0 Å². The first-order valence-electron chi connectivity index (χ1n) is 12.2. The smallest absolute Gasteiger partial charge is 0.251 e. The number of likely N-dealkylation sites (tertiary alicyclic amines) is 1. The largest absolute Gasteiger partial charge is 0.495 e. The molecule has 2 aliphatic rings. The molecule has 0 radical (unpaired) electrons. The standard InChI is InChI=1S/C26H35N3O4S/c1-20-9-6-7-16-29(20)34(31,32)25-17-22(13-14-24(25)33-2)26(30)27-23-12-8-15-28(19-23)18-21-10-4-3-5-11-21/h3-5,10-11,13-14,17,20,23H,6-9,12,15-16,18-19H2,1-2H3,(H,27,30). The number of benzene rings is 2. The van der Waals surface area contributed by atoms with E-state index in [2.05, 4.69) is 22.3 Å². The molecule has 2 atom stereocenters. The number of nitrogens with one attached hydrogen (secondary N) is 1. The molecule has 2 saturated heterocycles. The van der Waals surface area contributed by atoms with Gasteiger partial charge in [-0.2, -0.15) is 4.31 Å². The summed E-state index contributed by atoms with van der Waals surface area (Å²) < 4.78 is 33.8. The summed E-state index contributed by atoms with van der Waals surface area (Å²) in [6.45, 7) is 5.05. The van der Waals surface area contributed by atoms with Crippen molar-refractivity contribution in [2.45, 2.75) is 62.6 Å². The molecule has 2 aromatic carbocycles. The number of rotatable bonds is 7. The lowest BCUT2D eigenvalue weighted by Crippen LogP contribution is -2.47. The van der Waals surface area contributed by atoms with E-state index in [4.69, 9.17) is 4.74 Å². The van der Waals surface area contributed by atoms with E-state index in [-0.39, 0.29) is 28.6 Å². The molecule has 2 heterocycles. The molecular weight excluding hydrogens is 450 g/mol. The number of amides is 1. The first-order valence-corrected chi connectivity index (χ1v) is 13.6. The quantitative estimate of drug-likeness (QED) is 0.648. The number of carbonyl (C=O) groups excluding carboxylic acids is 1. The van der Waals surface area contributed by atoms with Crippen LogP contribution in [-0.4, -0.2) is 62.4 Å². The number of piperidine rings is 2. The van der Waals surface area contributed by atoms with Crippen LogP contribution in [0.3, 0.4) is 0 Å². The molecule has 0 saturated carbocycles. The second-order valence-corrected chi connectivity index (χ2v) is 11.2. The van der Waals surface area contributed by atoms with Gasteiger partial charge in [0.25, 0.3) is 5.91 Å². The first-order chi connectivity index (χ1) is 16.4. The zero-order valence-corrected chi connectivity index (χ0v) is 20.9. The van der Waals surface area contributed by atoms with Crippen LogP contribution in [0.5, 0.6) is 5.75 Å². The fourth-order valence-electron chi connectivity index (χ4n) is 5.00. The van der Waals surface area contributed by atoms with Crippen LogP contribution in [0.1, 0.15) is 54.9 Å². The van der Waals surface area contributed by atoms with Gasteiger partial charge in [0.15, 0.2) is 0 Å². The summed E-state index contributed by atoms with van der Waals surface area (Å²) in [5.74, 6) is 0.0124. The van der Waals surface area contributed by atoms with E-state index in [1.165, 1.54) is 18.7 Å². The zero-order chi connectivity index (χ0) is 24.1. The fourth-order valence-corrected chi connectivity index (χ4v) is 6.88. The van der Waals surface area contributed by atoms with Gasteiger partial charge in [-0.3, -0.25) is 9.69 Å². The van der Waals surface area contributed by atoms with Gasteiger partial charge in [-0.15, -0.1) is 0 Å². The Morgan fingerprint density at radius 2 is 1.85 bits per heavy atom. The number of hydrogen-bond donors (Lipinski definition) is 1. The Morgan fingerprint density at radius 1 is 1.06 bits per heavy atom. The van der Waals surface area contributed by atoms with E-state index < -0.39 is 10.0 Å². The van der Waals surface area contributed by atoms with Crippen LogP contribution < -0.4 is 10.1 Å². The molecule has 0 aliphatic carbocycles. The second-order valence-electron chi connectivity index (χ2n) is 9.36. The fraction of sp³-hybridized carbons (Fsp3) is 0.500. The minimum Gasteiger partial charge on any atom is -0.495 e. The summed E-state index contributed by atoms with van der Waals surface area (Å²) in [6.07, 6.45) is 4.61. The van der Waals surface area contributed by atoms with E-state index in [1.807, 2.05) is 25.1 Å². The van der Waals surface area contributed by atoms with Crippen LogP contribution in [0.2, 0.25) is 0 Å². The summed E-state index contributed by atoms with van der Waals surface area (Å²) in [4.78, 5) is 15.5. The maximum absolute atomic E-state index is 13.5. The van der Waals surface area contributed by atoms with Crippen molar-refractivity contribution in [3.63, 3.8) is 0 Å². The summed E-state index contributed by atoms with van der Waals surface area (Å²) >= 11 is 0. The molecule has 2 unspecified atom stereocenters. The van der Waals surface area contributed by atoms with Gasteiger partial charge in [0.2, 0.25) is 10.0 Å². The topological polar surface area (TPSA) is 79.0 Å². The maximum Gasteiger partial charge on any atom is 0.251 e. The summed E-state index contributed by atoms with van der Waals surface area (Å²) in [5.41, 5.74) is 1.59. The Balaban J connectivity index is 1.48. The Hall–Kier alpha value is -2.42.